The van der Waals surface area contributed by atoms with Gasteiger partial charge >= 0.3 is 0 Å². The molecule has 0 spiro atoms. The standard InChI is InChI=1S/C12H14FN3O3.ClH/c13-11-6-8(16(18)19)3-4-10(11)12(17)15-5-1-2-9(15)7-14;/h3-4,6,9H,1-2,5,7,14H2;1H. The van der Waals surface area contributed by atoms with Crippen molar-refractivity contribution >= 4 is 24.0 Å². The van der Waals surface area contributed by atoms with E-state index in [1.807, 2.05) is 0 Å². The fourth-order valence-corrected chi connectivity index (χ4v) is 2.29. The highest BCUT2D eigenvalue weighted by Crippen LogP contribution is 2.22. The molecule has 1 aliphatic heterocycles. The third-order valence-corrected chi connectivity index (χ3v) is 3.30. The molecule has 1 aromatic carbocycles. The molecule has 0 aromatic heterocycles. The Bertz CT molecular complexity index is 527. The molecule has 20 heavy (non-hydrogen) atoms. The third-order valence-electron chi connectivity index (χ3n) is 3.30. The molecule has 6 nitrogen and oxygen atoms in total. The zero-order valence-electron chi connectivity index (χ0n) is 10.6. The Balaban J connectivity index is 0.00000200. The van der Waals surface area contributed by atoms with Crippen molar-refractivity contribution in [1.29, 1.82) is 0 Å². The lowest BCUT2D eigenvalue weighted by molar-refractivity contribution is -0.385. The van der Waals surface area contributed by atoms with Crippen LogP contribution in [-0.4, -0.2) is 34.9 Å². The van der Waals surface area contributed by atoms with Crippen LogP contribution in [0.25, 0.3) is 0 Å². The minimum absolute atomic E-state index is 0. The summed E-state index contributed by atoms with van der Waals surface area (Å²) in [7, 11) is 0. The van der Waals surface area contributed by atoms with E-state index < -0.39 is 16.6 Å². The van der Waals surface area contributed by atoms with Gasteiger partial charge in [0.15, 0.2) is 0 Å². The lowest BCUT2D eigenvalue weighted by atomic mass is 10.1. The van der Waals surface area contributed by atoms with Crippen LogP contribution in [0.4, 0.5) is 10.1 Å². The number of nitro benzene ring substituents is 1. The number of carbonyl (C=O) groups excluding carboxylic acids is 1. The molecule has 0 saturated carbocycles. The molecule has 0 bridgehead atoms. The van der Waals surface area contributed by atoms with Crippen molar-refractivity contribution in [2.24, 2.45) is 5.73 Å². The second-order valence-corrected chi connectivity index (χ2v) is 4.45. The second-order valence-electron chi connectivity index (χ2n) is 4.45. The highest BCUT2D eigenvalue weighted by Gasteiger charge is 2.30. The van der Waals surface area contributed by atoms with Crippen LogP contribution in [-0.2, 0) is 0 Å². The van der Waals surface area contributed by atoms with Crippen LogP contribution >= 0.6 is 12.4 Å². The molecule has 1 atom stereocenters. The van der Waals surface area contributed by atoms with E-state index in [2.05, 4.69) is 0 Å². The molecule has 1 saturated heterocycles. The van der Waals surface area contributed by atoms with E-state index in [9.17, 15) is 19.3 Å². The minimum atomic E-state index is -0.873. The predicted molar refractivity (Wildman–Crippen MR) is 73.4 cm³/mol. The summed E-state index contributed by atoms with van der Waals surface area (Å²) in [5.41, 5.74) is 5.05. The summed E-state index contributed by atoms with van der Waals surface area (Å²) in [4.78, 5) is 23.5. The first kappa shape index (κ1) is 16.3. The summed E-state index contributed by atoms with van der Waals surface area (Å²) in [6.07, 6.45) is 1.64. The largest absolute Gasteiger partial charge is 0.334 e. The third kappa shape index (κ3) is 3.05. The van der Waals surface area contributed by atoms with Gasteiger partial charge in [0.1, 0.15) is 5.82 Å². The number of non-ortho nitro benzene ring substituents is 1. The second kappa shape index (κ2) is 6.62. The number of nitro groups is 1. The van der Waals surface area contributed by atoms with Crippen LogP contribution in [0.5, 0.6) is 0 Å². The number of carbonyl (C=O) groups is 1. The summed E-state index contributed by atoms with van der Waals surface area (Å²) in [6.45, 7) is 0.872. The van der Waals surface area contributed by atoms with Crippen LogP contribution < -0.4 is 5.73 Å². The number of nitrogens with zero attached hydrogens (tertiary/aromatic N) is 2. The van der Waals surface area contributed by atoms with Crippen molar-refractivity contribution in [2.45, 2.75) is 18.9 Å². The highest BCUT2D eigenvalue weighted by molar-refractivity contribution is 5.95. The number of benzene rings is 1. The van der Waals surface area contributed by atoms with E-state index >= 15 is 0 Å². The number of rotatable bonds is 3. The van der Waals surface area contributed by atoms with Gasteiger partial charge in [0, 0.05) is 25.2 Å². The first-order valence-electron chi connectivity index (χ1n) is 5.99. The van der Waals surface area contributed by atoms with Gasteiger partial charge in [0.2, 0.25) is 0 Å². The molecule has 2 rings (SSSR count). The maximum absolute atomic E-state index is 13.8. The van der Waals surface area contributed by atoms with Gasteiger partial charge < -0.3 is 10.6 Å². The Morgan fingerprint density at radius 3 is 2.80 bits per heavy atom. The van der Waals surface area contributed by atoms with Crippen molar-refractivity contribution in [3.8, 4) is 0 Å². The average molecular weight is 304 g/mol. The molecule has 0 radical (unpaired) electrons. The van der Waals surface area contributed by atoms with Gasteiger partial charge in [-0.3, -0.25) is 14.9 Å². The Morgan fingerprint density at radius 2 is 2.25 bits per heavy atom. The van der Waals surface area contributed by atoms with E-state index in [0.717, 1.165) is 31.0 Å². The minimum Gasteiger partial charge on any atom is -0.334 e. The van der Waals surface area contributed by atoms with Crippen molar-refractivity contribution in [1.82, 2.24) is 4.90 Å². The molecular weight excluding hydrogens is 289 g/mol. The molecule has 1 amide bonds. The summed E-state index contributed by atoms with van der Waals surface area (Å²) >= 11 is 0. The maximum Gasteiger partial charge on any atom is 0.272 e. The molecule has 1 unspecified atom stereocenters. The van der Waals surface area contributed by atoms with E-state index in [1.165, 1.54) is 4.90 Å². The monoisotopic (exact) mass is 303 g/mol. The predicted octanol–water partition coefficient (Wildman–Crippen LogP) is 1.72. The number of likely N-dealkylation sites (tertiary alicyclic amines) is 1. The van der Waals surface area contributed by atoms with E-state index in [0.29, 0.717) is 13.1 Å². The number of nitrogens with two attached hydrogens (primary N) is 1. The zero-order chi connectivity index (χ0) is 14.0. The van der Waals surface area contributed by atoms with E-state index in [4.69, 9.17) is 5.73 Å². The smallest absolute Gasteiger partial charge is 0.272 e. The molecular formula is C12H15ClFN3O3. The number of amides is 1. The molecule has 0 aliphatic carbocycles. The summed E-state index contributed by atoms with van der Waals surface area (Å²) in [5.74, 6) is -1.33. The molecule has 1 aromatic rings. The molecule has 110 valence electrons. The van der Waals surface area contributed by atoms with Crippen LogP contribution in [0.15, 0.2) is 18.2 Å². The first-order chi connectivity index (χ1) is 9.04. The summed E-state index contributed by atoms with van der Waals surface area (Å²) in [6, 6.07) is 2.97. The highest BCUT2D eigenvalue weighted by atomic mass is 35.5. The zero-order valence-corrected chi connectivity index (χ0v) is 11.4. The van der Waals surface area contributed by atoms with Crippen LogP contribution in [0.3, 0.4) is 0 Å². The number of halogens is 2. The first-order valence-corrected chi connectivity index (χ1v) is 5.99. The SMILES string of the molecule is Cl.NCC1CCCN1C(=O)c1ccc([N+](=O)[O-])cc1F. The Labute approximate surface area is 121 Å². The van der Waals surface area contributed by atoms with Gasteiger partial charge in [-0.15, -0.1) is 12.4 Å². The summed E-state index contributed by atoms with van der Waals surface area (Å²) < 4.78 is 13.8. The van der Waals surface area contributed by atoms with Crippen molar-refractivity contribution < 1.29 is 14.1 Å². The quantitative estimate of drug-likeness (QED) is 0.680. The van der Waals surface area contributed by atoms with Gasteiger partial charge in [-0.1, -0.05) is 0 Å². The van der Waals surface area contributed by atoms with Crippen LogP contribution in [0.1, 0.15) is 23.2 Å². The lowest BCUT2D eigenvalue weighted by Gasteiger charge is -2.23. The van der Waals surface area contributed by atoms with Gasteiger partial charge in [-0.05, 0) is 18.9 Å². The number of hydrogen-bond acceptors (Lipinski definition) is 4. The normalized spacial score (nSPS) is 17.7. The molecule has 8 heteroatoms. The topological polar surface area (TPSA) is 89.5 Å². The Morgan fingerprint density at radius 1 is 1.55 bits per heavy atom. The van der Waals surface area contributed by atoms with Gasteiger partial charge in [0.25, 0.3) is 11.6 Å². The number of hydrogen-bond donors (Lipinski definition) is 1. The van der Waals surface area contributed by atoms with Crippen molar-refractivity contribution in [3.05, 3.63) is 39.7 Å². The molecule has 2 N–H and O–H groups in total. The lowest BCUT2D eigenvalue weighted by Crippen LogP contribution is -2.40. The van der Waals surface area contributed by atoms with E-state index in [1.54, 1.807) is 0 Å². The molecule has 1 fully saturated rings. The van der Waals surface area contributed by atoms with Crippen LogP contribution in [0.2, 0.25) is 0 Å². The molecule has 1 heterocycles. The Kier molecular flexibility index (Phi) is 5.41. The Hall–Kier alpha value is -1.73. The van der Waals surface area contributed by atoms with Crippen molar-refractivity contribution in [2.75, 3.05) is 13.1 Å². The average Bonchev–Trinajstić information content (AvgIpc) is 2.85. The van der Waals surface area contributed by atoms with Crippen LogP contribution in [0, 0.1) is 15.9 Å². The van der Waals surface area contributed by atoms with Gasteiger partial charge in [-0.25, -0.2) is 4.39 Å². The fourth-order valence-electron chi connectivity index (χ4n) is 2.29. The van der Waals surface area contributed by atoms with Crippen molar-refractivity contribution in [3.63, 3.8) is 0 Å². The summed E-state index contributed by atoms with van der Waals surface area (Å²) in [5, 5.41) is 10.5. The van der Waals surface area contributed by atoms with E-state index in [-0.39, 0.29) is 29.7 Å². The maximum atomic E-state index is 13.8. The van der Waals surface area contributed by atoms with Gasteiger partial charge in [0.05, 0.1) is 16.6 Å². The fraction of sp³-hybridized carbons (Fsp3) is 0.417. The van der Waals surface area contributed by atoms with Gasteiger partial charge in [-0.2, -0.15) is 0 Å². The molecule has 1 aliphatic rings.